The highest BCUT2D eigenvalue weighted by molar-refractivity contribution is 5.77. The fourth-order valence-electron chi connectivity index (χ4n) is 3.97. The maximum Gasteiger partial charge on any atom is 0.260 e. The van der Waals surface area contributed by atoms with E-state index in [1.54, 1.807) is 0 Å². The number of para-hydroxylation sites is 1. The monoisotopic (exact) mass is 303 g/mol. The fraction of sp³-hybridized carbons (Fsp3) is 0.611. The molecule has 1 saturated carbocycles. The quantitative estimate of drug-likeness (QED) is 0.930. The number of ether oxygens (including phenoxy) is 1. The van der Waals surface area contributed by atoms with Crippen LogP contribution in [0.4, 0.5) is 0 Å². The average Bonchev–Trinajstić information content (AvgIpc) is 2.59. The van der Waals surface area contributed by atoms with E-state index >= 15 is 0 Å². The van der Waals surface area contributed by atoms with Gasteiger partial charge >= 0.3 is 0 Å². The zero-order valence-corrected chi connectivity index (χ0v) is 13.3. The second-order valence-electron chi connectivity index (χ2n) is 6.65. The molecule has 1 atom stereocenters. The van der Waals surface area contributed by atoms with Gasteiger partial charge in [0, 0.05) is 18.5 Å². The van der Waals surface area contributed by atoms with Crippen molar-refractivity contribution in [2.24, 2.45) is 5.41 Å². The molecule has 4 heteroatoms. The van der Waals surface area contributed by atoms with Gasteiger partial charge < -0.3 is 14.7 Å². The predicted molar refractivity (Wildman–Crippen MR) is 84.7 cm³/mol. The molecule has 1 aromatic rings. The van der Waals surface area contributed by atoms with Gasteiger partial charge in [-0.1, -0.05) is 25.1 Å². The van der Waals surface area contributed by atoms with E-state index in [0.717, 1.165) is 50.9 Å². The standard InChI is InChI=1S/C18H25NO3/c1-2-18(21)9-8-17(18)10-12-19(13-11-17)16(20)14-22-15-6-4-3-5-7-15/h3-7,21H,2,8-14H2,1H3. The molecule has 120 valence electrons. The van der Waals surface area contributed by atoms with E-state index in [-0.39, 0.29) is 17.9 Å². The van der Waals surface area contributed by atoms with Crippen molar-refractivity contribution in [1.29, 1.82) is 0 Å². The molecule has 1 N–H and O–H groups in total. The zero-order chi connectivity index (χ0) is 15.6. The lowest BCUT2D eigenvalue weighted by Gasteiger charge is -2.59. The molecule has 1 amide bonds. The minimum Gasteiger partial charge on any atom is -0.484 e. The van der Waals surface area contributed by atoms with E-state index in [1.807, 2.05) is 35.2 Å². The van der Waals surface area contributed by atoms with E-state index in [1.165, 1.54) is 0 Å². The minimum atomic E-state index is -0.497. The highest BCUT2D eigenvalue weighted by Crippen LogP contribution is 2.57. The Labute approximate surface area is 132 Å². The van der Waals surface area contributed by atoms with Crippen LogP contribution in [0.3, 0.4) is 0 Å². The third kappa shape index (κ3) is 2.60. The average molecular weight is 303 g/mol. The SMILES string of the molecule is CCC1(O)CCC12CCN(C(=O)COc1ccccc1)CC2. The van der Waals surface area contributed by atoms with Crippen LogP contribution in [0.2, 0.25) is 0 Å². The second-order valence-corrected chi connectivity index (χ2v) is 6.65. The molecular formula is C18H25NO3. The molecule has 1 unspecified atom stereocenters. The lowest BCUT2D eigenvalue weighted by atomic mass is 9.51. The molecule has 1 aliphatic carbocycles. The second kappa shape index (κ2) is 5.92. The van der Waals surface area contributed by atoms with Crippen molar-refractivity contribution >= 4 is 5.91 Å². The molecule has 1 spiro atoms. The Morgan fingerprint density at radius 2 is 1.86 bits per heavy atom. The number of carbonyl (C=O) groups excluding carboxylic acids is 1. The van der Waals surface area contributed by atoms with E-state index in [0.29, 0.717) is 0 Å². The van der Waals surface area contributed by atoms with Crippen molar-refractivity contribution in [3.8, 4) is 5.75 Å². The van der Waals surface area contributed by atoms with Crippen molar-refractivity contribution in [3.63, 3.8) is 0 Å². The first-order valence-electron chi connectivity index (χ1n) is 8.27. The van der Waals surface area contributed by atoms with Crippen molar-refractivity contribution in [1.82, 2.24) is 4.90 Å². The summed E-state index contributed by atoms with van der Waals surface area (Å²) in [4.78, 5) is 14.1. The summed E-state index contributed by atoms with van der Waals surface area (Å²) in [7, 11) is 0. The molecule has 3 rings (SSSR count). The van der Waals surface area contributed by atoms with E-state index in [4.69, 9.17) is 4.74 Å². The summed E-state index contributed by atoms with van der Waals surface area (Å²) < 4.78 is 5.53. The summed E-state index contributed by atoms with van der Waals surface area (Å²) in [6.45, 7) is 3.62. The molecule has 2 fully saturated rings. The fourth-order valence-corrected chi connectivity index (χ4v) is 3.97. The lowest BCUT2D eigenvalue weighted by Crippen LogP contribution is -2.61. The summed E-state index contributed by atoms with van der Waals surface area (Å²) in [6.07, 6.45) is 4.65. The number of likely N-dealkylation sites (tertiary alicyclic amines) is 1. The number of rotatable bonds is 4. The molecule has 1 aromatic carbocycles. The molecule has 2 aliphatic rings. The van der Waals surface area contributed by atoms with Crippen LogP contribution in [-0.2, 0) is 4.79 Å². The summed E-state index contributed by atoms with van der Waals surface area (Å²) >= 11 is 0. The highest BCUT2D eigenvalue weighted by Gasteiger charge is 2.57. The summed E-state index contributed by atoms with van der Waals surface area (Å²) in [5, 5.41) is 10.6. The van der Waals surface area contributed by atoms with Gasteiger partial charge in [-0.25, -0.2) is 0 Å². The van der Waals surface area contributed by atoms with Gasteiger partial charge in [-0.3, -0.25) is 4.79 Å². The molecule has 1 aliphatic heterocycles. The van der Waals surface area contributed by atoms with Crippen LogP contribution < -0.4 is 4.74 Å². The molecule has 0 radical (unpaired) electrons. The van der Waals surface area contributed by atoms with Gasteiger partial charge in [0.25, 0.3) is 5.91 Å². The molecule has 1 saturated heterocycles. The number of hydrogen-bond acceptors (Lipinski definition) is 3. The van der Waals surface area contributed by atoms with Crippen LogP contribution in [0.15, 0.2) is 30.3 Å². The van der Waals surface area contributed by atoms with Gasteiger partial charge in [-0.2, -0.15) is 0 Å². The number of benzene rings is 1. The van der Waals surface area contributed by atoms with Gasteiger partial charge in [0.15, 0.2) is 6.61 Å². The van der Waals surface area contributed by atoms with Crippen LogP contribution in [0.25, 0.3) is 0 Å². The van der Waals surface area contributed by atoms with Gasteiger partial charge in [-0.05, 0) is 44.2 Å². The van der Waals surface area contributed by atoms with Gasteiger partial charge in [-0.15, -0.1) is 0 Å². The molecule has 0 bridgehead atoms. The summed E-state index contributed by atoms with van der Waals surface area (Å²) in [5.74, 6) is 0.766. The summed E-state index contributed by atoms with van der Waals surface area (Å²) in [6, 6.07) is 9.42. The van der Waals surface area contributed by atoms with Crippen LogP contribution in [-0.4, -0.2) is 41.2 Å². The molecule has 4 nitrogen and oxygen atoms in total. The van der Waals surface area contributed by atoms with Crippen LogP contribution in [0.1, 0.15) is 39.0 Å². The van der Waals surface area contributed by atoms with Gasteiger partial charge in [0.2, 0.25) is 0 Å². The number of carbonyl (C=O) groups is 1. The number of hydrogen-bond donors (Lipinski definition) is 1. The maximum atomic E-state index is 12.3. The van der Waals surface area contributed by atoms with Crippen LogP contribution >= 0.6 is 0 Å². The predicted octanol–water partition coefficient (Wildman–Crippen LogP) is 2.61. The molecular weight excluding hydrogens is 278 g/mol. The normalized spacial score (nSPS) is 26.5. The highest BCUT2D eigenvalue weighted by atomic mass is 16.5. The third-order valence-corrected chi connectivity index (χ3v) is 5.77. The molecule has 0 aromatic heterocycles. The minimum absolute atomic E-state index is 0.0399. The van der Waals surface area contributed by atoms with E-state index in [2.05, 4.69) is 6.92 Å². The van der Waals surface area contributed by atoms with Crippen molar-refractivity contribution < 1.29 is 14.6 Å². The first-order chi connectivity index (χ1) is 10.6. The first-order valence-corrected chi connectivity index (χ1v) is 8.27. The number of amides is 1. The molecule has 1 heterocycles. The Hall–Kier alpha value is -1.55. The Kier molecular flexibility index (Phi) is 4.13. The van der Waals surface area contributed by atoms with Crippen LogP contribution in [0.5, 0.6) is 5.75 Å². The first kappa shape index (κ1) is 15.3. The lowest BCUT2D eigenvalue weighted by molar-refractivity contribution is -0.192. The van der Waals surface area contributed by atoms with Gasteiger partial charge in [0.05, 0.1) is 5.60 Å². The number of nitrogens with zero attached hydrogens (tertiary/aromatic N) is 1. The smallest absolute Gasteiger partial charge is 0.260 e. The van der Waals surface area contributed by atoms with E-state index in [9.17, 15) is 9.90 Å². The third-order valence-electron chi connectivity index (χ3n) is 5.77. The Bertz CT molecular complexity index is 518. The van der Waals surface area contributed by atoms with E-state index < -0.39 is 5.60 Å². The molecule has 22 heavy (non-hydrogen) atoms. The zero-order valence-electron chi connectivity index (χ0n) is 13.3. The summed E-state index contributed by atoms with van der Waals surface area (Å²) in [5.41, 5.74) is -0.443. The van der Waals surface area contributed by atoms with Crippen molar-refractivity contribution in [2.45, 2.75) is 44.6 Å². The number of aliphatic hydroxyl groups is 1. The number of piperidine rings is 1. The van der Waals surface area contributed by atoms with Crippen molar-refractivity contribution in [3.05, 3.63) is 30.3 Å². The Balaban J connectivity index is 1.50. The van der Waals surface area contributed by atoms with Crippen LogP contribution in [0, 0.1) is 5.41 Å². The topological polar surface area (TPSA) is 49.8 Å². The largest absolute Gasteiger partial charge is 0.484 e. The van der Waals surface area contributed by atoms with Gasteiger partial charge in [0.1, 0.15) is 5.75 Å². The van der Waals surface area contributed by atoms with Crippen molar-refractivity contribution in [2.75, 3.05) is 19.7 Å². The maximum absolute atomic E-state index is 12.3. The Morgan fingerprint density at radius 1 is 1.18 bits per heavy atom. The Morgan fingerprint density at radius 3 is 2.41 bits per heavy atom.